The first kappa shape index (κ1) is 11.9. The van der Waals surface area contributed by atoms with Crippen LogP contribution >= 0.6 is 11.8 Å². The smallest absolute Gasteiger partial charge is 0.0509 e. The number of aromatic nitrogens is 1. The third-order valence-electron chi connectivity index (χ3n) is 4.76. The fourth-order valence-electron chi connectivity index (χ4n) is 3.77. The summed E-state index contributed by atoms with van der Waals surface area (Å²) in [5.74, 6) is 2.33. The Bertz CT molecular complexity index is 836. The Hall–Kier alpha value is -1.71. The Morgan fingerprint density at radius 1 is 1.05 bits per heavy atom. The highest BCUT2D eigenvalue weighted by Gasteiger charge is 2.33. The highest BCUT2D eigenvalue weighted by molar-refractivity contribution is 7.99. The summed E-state index contributed by atoms with van der Waals surface area (Å²) in [7, 11) is 0. The fraction of sp³-hybridized carbons (Fsp3) is 0.222. The van der Waals surface area contributed by atoms with Gasteiger partial charge in [-0.3, -0.25) is 4.90 Å². The second-order valence-electron chi connectivity index (χ2n) is 5.89. The fourth-order valence-corrected chi connectivity index (χ4v) is 4.98. The Morgan fingerprint density at radius 3 is 3.00 bits per heavy atom. The molecule has 2 aliphatic heterocycles. The van der Waals surface area contributed by atoms with Gasteiger partial charge in [0.15, 0.2) is 0 Å². The van der Waals surface area contributed by atoms with Gasteiger partial charge in [-0.05, 0) is 28.1 Å². The van der Waals surface area contributed by atoms with Gasteiger partial charge in [-0.2, -0.15) is 0 Å². The predicted octanol–water partition coefficient (Wildman–Crippen LogP) is 4.40. The third-order valence-corrected chi connectivity index (χ3v) is 5.82. The van der Waals surface area contributed by atoms with E-state index in [9.17, 15) is 0 Å². The zero-order valence-corrected chi connectivity index (χ0v) is 12.5. The maximum atomic E-state index is 3.48. The van der Waals surface area contributed by atoms with Crippen molar-refractivity contribution in [2.45, 2.75) is 12.6 Å². The molecule has 0 amide bonds. The monoisotopic (exact) mass is 292 g/mol. The zero-order chi connectivity index (χ0) is 13.8. The first-order valence-corrected chi connectivity index (χ1v) is 8.57. The SMILES string of the molecule is c1ccc2c(c1)CN1CSCC1c1c-2ccc2cc[nH]c12. The maximum absolute atomic E-state index is 3.48. The van der Waals surface area contributed by atoms with E-state index in [-0.39, 0.29) is 0 Å². The molecule has 2 aromatic carbocycles. The lowest BCUT2D eigenvalue weighted by Gasteiger charge is -2.22. The molecule has 0 radical (unpaired) electrons. The van der Waals surface area contributed by atoms with Gasteiger partial charge >= 0.3 is 0 Å². The molecule has 1 N–H and O–H groups in total. The molecule has 1 atom stereocenters. The number of nitrogens with zero attached hydrogens (tertiary/aromatic N) is 1. The third kappa shape index (κ3) is 1.65. The van der Waals surface area contributed by atoms with Crippen LogP contribution in [0.2, 0.25) is 0 Å². The topological polar surface area (TPSA) is 19.0 Å². The highest BCUT2D eigenvalue weighted by Crippen LogP contribution is 2.45. The Kier molecular flexibility index (Phi) is 2.49. The van der Waals surface area contributed by atoms with Crippen LogP contribution in [0.3, 0.4) is 0 Å². The quantitative estimate of drug-likeness (QED) is 0.662. The lowest BCUT2D eigenvalue weighted by molar-refractivity contribution is 0.265. The molecule has 5 rings (SSSR count). The summed E-state index contributed by atoms with van der Waals surface area (Å²) in [5.41, 5.74) is 7.09. The van der Waals surface area contributed by atoms with Crippen molar-refractivity contribution in [3.8, 4) is 11.1 Å². The van der Waals surface area contributed by atoms with Crippen molar-refractivity contribution in [3.05, 3.63) is 59.8 Å². The summed E-state index contributed by atoms with van der Waals surface area (Å²) in [4.78, 5) is 6.10. The first-order chi connectivity index (χ1) is 10.4. The molecule has 0 spiro atoms. The minimum absolute atomic E-state index is 0.528. The number of thioether (sulfide) groups is 1. The van der Waals surface area contributed by atoms with Crippen molar-refractivity contribution in [3.63, 3.8) is 0 Å². The van der Waals surface area contributed by atoms with Gasteiger partial charge in [-0.15, -0.1) is 11.8 Å². The second kappa shape index (κ2) is 4.39. The first-order valence-electron chi connectivity index (χ1n) is 7.42. The molecule has 3 heterocycles. The van der Waals surface area contributed by atoms with Crippen LogP contribution in [0.1, 0.15) is 17.2 Å². The summed E-state index contributed by atoms with van der Waals surface area (Å²) in [6, 6.07) is 16.2. The van der Waals surface area contributed by atoms with Gasteiger partial charge in [0.2, 0.25) is 0 Å². The predicted molar refractivity (Wildman–Crippen MR) is 89.3 cm³/mol. The molecule has 21 heavy (non-hydrogen) atoms. The number of benzene rings is 2. The molecule has 1 fully saturated rings. The van der Waals surface area contributed by atoms with Gasteiger partial charge in [0.05, 0.1) is 5.52 Å². The molecule has 2 nitrogen and oxygen atoms in total. The van der Waals surface area contributed by atoms with E-state index in [0.29, 0.717) is 6.04 Å². The van der Waals surface area contributed by atoms with Crippen LogP contribution < -0.4 is 0 Å². The molecule has 1 unspecified atom stereocenters. The normalized spacial score (nSPS) is 20.9. The Labute approximate surface area is 128 Å². The maximum Gasteiger partial charge on any atom is 0.0509 e. The highest BCUT2D eigenvalue weighted by atomic mass is 32.2. The van der Waals surface area contributed by atoms with Crippen molar-refractivity contribution >= 4 is 22.7 Å². The van der Waals surface area contributed by atoms with Crippen LogP contribution in [0.15, 0.2) is 48.7 Å². The number of aromatic amines is 1. The summed E-state index contributed by atoms with van der Waals surface area (Å²) in [6.45, 7) is 1.06. The van der Waals surface area contributed by atoms with Crippen LogP contribution in [0.4, 0.5) is 0 Å². The number of fused-ring (bicyclic) bond motifs is 7. The van der Waals surface area contributed by atoms with E-state index in [4.69, 9.17) is 0 Å². The van der Waals surface area contributed by atoms with Gasteiger partial charge in [-0.25, -0.2) is 0 Å². The molecular formula is C18H16N2S. The van der Waals surface area contributed by atoms with Crippen LogP contribution in [0.5, 0.6) is 0 Å². The average Bonchev–Trinajstić information content (AvgIpc) is 3.14. The molecule has 1 saturated heterocycles. The largest absolute Gasteiger partial charge is 0.361 e. The van der Waals surface area contributed by atoms with E-state index in [1.54, 1.807) is 0 Å². The van der Waals surface area contributed by atoms with Gasteiger partial charge in [0, 0.05) is 36.0 Å². The van der Waals surface area contributed by atoms with E-state index < -0.39 is 0 Å². The molecule has 3 aromatic rings. The van der Waals surface area contributed by atoms with Gasteiger partial charge < -0.3 is 4.98 Å². The lowest BCUT2D eigenvalue weighted by Crippen LogP contribution is -2.22. The standard InChI is InChI=1S/C18H16N2S/c1-2-4-14-13(3-1)9-20-11-21-10-16(20)17-15(14)6-5-12-7-8-19-18(12)17/h1-8,16,19H,9-11H2. The summed E-state index contributed by atoms with van der Waals surface area (Å²) < 4.78 is 0. The Morgan fingerprint density at radius 2 is 2.00 bits per heavy atom. The molecule has 2 aliphatic rings. The molecular weight excluding hydrogens is 276 g/mol. The van der Waals surface area contributed by atoms with Gasteiger partial charge in [0.25, 0.3) is 0 Å². The van der Waals surface area contributed by atoms with Crippen LogP contribution in [-0.4, -0.2) is 21.5 Å². The van der Waals surface area contributed by atoms with E-state index >= 15 is 0 Å². The number of H-pyrrole nitrogens is 1. The average molecular weight is 292 g/mol. The van der Waals surface area contributed by atoms with Gasteiger partial charge in [-0.1, -0.05) is 36.4 Å². The number of hydrogen-bond donors (Lipinski definition) is 1. The minimum atomic E-state index is 0.528. The van der Waals surface area contributed by atoms with E-state index in [1.807, 2.05) is 0 Å². The summed E-state index contributed by atoms with van der Waals surface area (Å²) in [5, 5.41) is 1.32. The number of rotatable bonds is 0. The van der Waals surface area contributed by atoms with Crippen molar-refractivity contribution in [1.29, 1.82) is 0 Å². The van der Waals surface area contributed by atoms with Gasteiger partial charge in [0.1, 0.15) is 0 Å². The molecule has 104 valence electrons. The van der Waals surface area contributed by atoms with Crippen molar-refractivity contribution < 1.29 is 0 Å². The van der Waals surface area contributed by atoms with E-state index in [2.05, 4.69) is 70.3 Å². The van der Waals surface area contributed by atoms with E-state index in [1.165, 1.54) is 38.9 Å². The molecule has 1 aromatic heterocycles. The number of nitrogens with one attached hydrogen (secondary N) is 1. The molecule has 0 bridgehead atoms. The van der Waals surface area contributed by atoms with Crippen LogP contribution in [0, 0.1) is 0 Å². The lowest BCUT2D eigenvalue weighted by atomic mass is 9.93. The van der Waals surface area contributed by atoms with Crippen molar-refractivity contribution in [2.75, 3.05) is 11.6 Å². The molecule has 0 saturated carbocycles. The van der Waals surface area contributed by atoms with Crippen molar-refractivity contribution in [1.82, 2.24) is 9.88 Å². The van der Waals surface area contributed by atoms with Crippen LogP contribution in [0.25, 0.3) is 22.0 Å². The minimum Gasteiger partial charge on any atom is -0.361 e. The van der Waals surface area contributed by atoms with E-state index in [0.717, 1.165) is 12.4 Å². The molecule has 3 heteroatoms. The van der Waals surface area contributed by atoms with Crippen molar-refractivity contribution in [2.24, 2.45) is 0 Å². The second-order valence-corrected chi connectivity index (χ2v) is 6.89. The molecule has 0 aliphatic carbocycles. The van der Waals surface area contributed by atoms with Crippen LogP contribution in [-0.2, 0) is 6.54 Å². The Balaban J connectivity index is 1.90. The number of hydrogen-bond acceptors (Lipinski definition) is 2. The zero-order valence-electron chi connectivity index (χ0n) is 11.7. The summed E-state index contributed by atoms with van der Waals surface area (Å²) >= 11 is 2.05. The summed E-state index contributed by atoms with van der Waals surface area (Å²) in [6.07, 6.45) is 2.06.